The van der Waals surface area contributed by atoms with Gasteiger partial charge in [0, 0.05) is 10.2 Å². The molecule has 1 aromatic carbocycles. The van der Waals surface area contributed by atoms with Crippen molar-refractivity contribution in [1.29, 1.82) is 0 Å². The van der Waals surface area contributed by atoms with Gasteiger partial charge in [0.1, 0.15) is 5.60 Å². The second kappa shape index (κ2) is 6.12. The van der Waals surface area contributed by atoms with Crippen molar-refractivity contribution in [3.05, 3.63) is 45.6 Å². The lowest BCUT2D eigenvalue weighted by Gasteiger charge is -2.30. The molecule has 0 aromatic heterocycles. The lowest BCUT2D eigenvalue weighted by atomic mass is 9.95. The third kappa shape index (κ3) is 3.88. The highest BCUT2D eigenvalue weighted by Crippen LogP contribution is 2.30. The maximum atomic E-state index is 12.5. The fourth-order valence-corrected chi connectivity index (χ4v) is 2.65. The number of hydrogen-bond acceptors (Lipinski definition) is 3. The zero-order valence-electron chi connectivity index (χ0n) is 13.0. The molecule has 0 bridgehead atoms. The van der Waals surface area contributed by atoms with Gasteiger partial charge in [-0.25, -0.2) is 9.59 Å². The van der Waals surface area contributed by atoms with Crippen molar-refractivity contribution in [2.75, 3.05) is 0 Å². The van der Waals surface area contributed by atoms with Gasteiger partial charge >= 0.3 is 12.0 Å². The highest BCUT2D eigenvalue weighted by Gasteiger charge is 2.33. The fourth-order valence-electron chi connectivity index (χ4n) is 2.23. The van der Waals surface area contributed by atoms with E-state index in [4.69, 9.17) is 4.74 Å². The summed E-state index contributed by atoms with van der Waals surface area (Å²) in [5, 5.41) is 5.40. The number of amides is 2. The second-order valence-electron chi connectivity index (χ2n) is 6.13. The first-order valence-corrected chi connectivity index (χ1v) is 7.74. The van der Waals surface area contributed by atoms with E-state index in [1.54, 1.807) is 6.92 Å². The van der Waals surface area contributed by atoms with E-state index >= 15 is 0 Å². The molecule has 1 aliphatic rings. The Morgan fingerprint density at radius 2 is 2.00 bits per heavy atom. The summed E-state index contributed by atoms with van der Waals surface area (Å²) in [4.78, 5) is 24.3. The number of benzene rings is 1. The molecule has 118 valence electrons. The van der Waals surface area contributed by atoms with Crippen LogP contribution in [0, 0.1) is 0 Å². The first-order valence-electron chi connectivity index (χ1n) is 6.94. The number of allylic oxidation sites excluding steroid dienone is 1. The Morgan fingerprint density at radius 3 is 2.59 bits per heavy atom. The van der Waals surface area contributed by atoms with Gasteiger partial charge in [0.25, 0.3) is 0 Å². The SMILES string of the molecule is CC1=C(C(=O)OC(C)(C)C)[C@H](c2cccc(Br)c2)NC(=O)N1. The molecule has 0 aliphatic carbocycles. The number of carbonyl (C=O) groups excluding carboxylic acids is 2. The summed E-state index contributed by atoms with van der Waals surface area (Å²) in [6.07, 6.45) is 0. The second-order valence-corrected chi connectivity index (χ2v) is 7.04. The van der Waals surface area contributed by atoms with Crippen LogP contribution in [0.5, 0.6) is 0 Å². The van der Waals surface area contributed by atoms with Crippen LogP contribution in [-0.4, -0.2) is 17.6 Å². The van der Waals surface area contributed by atoms with Crippen LogP contribution < -0.4 is 10.6 Å². The summed E-state index contributed by atoms with van der Waals surface area (Å²) >= 11 is 3.40. The molecule has 6 heteroatoms. The fraction of sp³-hybridized carbons (Fsp3) is 0.375. The molecule has 0 saturated heterocycles. The molecule has 22 heavy (non-hydrogen) atoms. The van der Waals surface area contributed by atoms with Crippen molar-refractivity contribution in [2.45, 2.75) is 39.3 Å². The molecule has 0 saturated carbocycles. The van der Waals surface area contributed by atoms with Gasteiger partial charge in [-0.1, -0.05) is 28.1 Å². The summed E-state index contributed by atoms with van der Waals surface area (Å²) in [5.41, 5.74) is 1.12. The predicted molar refractivity (Wildman–Crippen MR) is 87.1 cm³/mol. The molecular weight excluding hydrogens is 348 g/mol. The molecule has 5 nitrogen and oxygen atoms in total. The molecule has 2 amide bonds. The third-order valence-electron chi connectivity index (χ3n) is 3.07. The van der Waals surface area contributed by atoms with Gasteiger partial charge in [-0.15, -0.1) is 0 Å². The van der Waals surface area contributed by atoms with Crippen molar-refractivity contribution >= 4 is 27.9 Å². The van der Waals surface area contributed by atoms with E-state index in [1.807, 2.05) is 45.0 Å². The molecule has 1 atom stereocenters. The van der Waals surface area contributed by atoms with Crippen LogP contribution in [0.25, 0.3) is 0 Å². The minimum Gasteiger partial charge on any atom is -0.456 e. The average molecular weight is 367 g/mol. The van der Waals surface area contributed by atoms with Gasteiger partial charge in [-0.05, 0) is 45.4 Å². The average Bonchev–Trinajstić information content (AvgIpc) is 2.35. The zero-order valence-corrected chi connectivity index (χ0v) is 14.6. The van der Waals surface area contributed by atoms with E-state index in [-0.39, 0.29) is 6.03 Å². The topological polar surface area (TPSA) is 67.4 Å². The largest absolute Gasteiger partial charge is 0.456 e. The predicted octanol–water partition coefficient (Wildman–Crippen LogP) is 3.42. The standard InChI is InChI=1S/C16H19BrN2O3/c1-9-12(14(20)22-16(2,3)4)13(19-15(21)18-9)10-6-5-7-11(17)8-10/h5-8,13H,1-4H3,(H2,18,19,21)/t13-/m0/s1. The Morgan fingerprint density at radius 1 is 1.32 bits per heavy atom. The Hall–Kier alpha value is -1.82. The first kappa shape index (κ1) is 16.5. The summed E-state index contributed by atoms with van der Waals surface area (Å²) in [7, 11) is 0. The number of nitrogens with one attached hydrogen (secondary N) is 2. The van der Waals surface area contributed by atoms with Crippen molar-refractivity contribution in [3.8, 4) is 0 Å². The van der Waals surface area contributed by atoms with Gasteiger partial charge in [0.15, 0.2) is 0 Å². The van der Waals surface area contributed by atoms with E-state index in [0.717, 1.165) is 10.0 Å². The van der Waals surface area contributed by atoms with Gasteiger partial charge < -0.3 is 15.4 Å². The van der Waals surface area contributed by atoms with Crippen molar-refractivity contribution in [2.24, 2.45) is 0 Å². The highest BCUT2D eigenvalue weighted by atomic mass is 79.9. The summed E-state index contributed by atoms with van der Waals surface area (Å²) < 4.78 is 6.34. The van der Waals surface area contributed by atoms with E-state index in [2.05, 4.69) is 26.6 Å². The zero-order chi connectivity index (χ0) is 16.5. The summed E-state index contributed by atoms with van der Waals surface area (Å²) in [5.74, 6) is -0.442. The van der Waals surface area contributed by atoms with Crippen LogP contribution in [-0.2, 0) is 9.53 Å². The van der Waals surface area contributed by atoms with Gasteiger partial charge in [-0.3, -0.25) is 0 Å². The number of urea groups is 1. The molecule has 1 aromatic rings. The quantitative estimate of drug-likeness (QED) is 0.788. The number of halogens is 1. The molecule has 1 aliphatic heterocycles. The third-order valence-corrected chi connectivity index (χ3v) is 3.56. The van der Waals surface area contributed by atoms with Crippen molar-refractivity contribution < 1.29 is 14.3 Å². The maximum Gasteiger partial charge on any atom is 0.338 e. The molecule has 1 heterocycles. The molecule has 2 rings (SSSR count). The minimum atomic E-state index is -0.604. The first-order chi connectivity index (χ1) is 10.2. The maximum absolute atomic E-state index is 12.5. The molecular formula is C16H19BrN2O3. The van der Waals surface area contributed by atoms with Crippen molar-refractivity contribution in [3.63, 3.8) is 0 Å². The lowest BCUT2D eigenvalue weighted by molar-refractivity contribution is -0.150. The van der Waals surface area contributed by atoms with E-state index < -0.39 is 17.6 Å². The molecule has 0 unspecified atom stereocenters. The van der Waals surface area contributed by atoms with E-state index in [0.29, 0.717) is 11.3 Å². The molecule has 0 fully saturated rings. The number of hydrogen-bond donors (Lipinski definition) is 2. The van der Waals surface area contributed by atoms with Crippen LogP contribution in [0.1, 0.15) is 39.3 Å². The number of rotatable bonds is 2. The summed E-state index contributed by atoms with van der Waals surface area (Å²) in [6, 6.07) is 6.59. The number of carbonyl (C=O) groups is 2. The van der Waals surface area contributed by atoms with Crippen LogP contribution in [0.4, 0.5) is 4.79 Å². The monoisotopic (exact) mass is 366 g/mol. The Bertz CT molecular complexity index is 647. The van der Waals surface area contributed by atoms with Crippen molar-refractivity contribution in [1.82, 2.24) is 10.6 Å². The number of ether oxygens (including phenoxy) is 1. The summed E-state index contributed by atoms with van der Waals surface area (Å²) in [6.45, 7) is 7.13. The van der Waals surface area contributed by atoms with Crippen LogP contribution in [0.2, 0.25) is 0 Å². The van der Waals surface area contributed by atoms with Crippen LogP contribution in [0.3, 0.4) is 0 Å². The smallest absolute Gasteiger partial charge is 0.338 e. The van der Waals surface area contributed by atoms with E-state index in [1.165, 1.54) is 0 Å². The normalized spacial score (nSPS) is 18.6. The van der Waals surface area contributed by atoms with Crippen LogP contribution in [0.15, 0.2) is 40.0 Å². The van der Waals surface area contributed by atoms with Gasteiger partial charge in [0.2, 0.25) is 0 Å². The minimum absolute atomic E-state index is 0.338. The molecule has 0 radical (unpaired) electrons. The van der Waals surface area contributed by atoms with E-state index in [9.17, 15) is 9.59 Å². The van der Waals surface area contributed by atoms with Gasteiger partial charge in [-0.2, -0.15) is 0 Å². The molecule has 2 N–H and O–H groups in total. The van der Waals surface area contributed by atoms with Crippen LogP contribution >= 0.6 is 15.9 Å². The molecule has 0 spiro atoms. The van der Waals surface area contributed by atoms with Gasteiger partial charge in [0.05, 0.1) is 11.6 Å². The Balaban J connectivity index is 2.43. The number of esters is 1. The highest BCUT2D eigenvalue weighted by molar-refractivity contribution is 9.10. The lowest BCUT2D eigenvalue weighted by Crippen LogP contribution is -2.46. The Kier molecular flexibility index (Phi) is 4.60. The Labute approximate surface area is 138 Å².